The number of anilines is 1. The van der Waals surface area contributed by atoms with Crippen LogP contribution >= 0.6 is 0 Å². The minimum Gasteiger partial charge on any atom is -0.508 e. The molecule has 5 unspecified atom stereocenters. The number of hydrogen-bond donors (Lipinski definition) is 7. The maximum Gasteiger partial charge on any atom is 0.332 e. The third kappa shape index (κ3) is 11.2. The molecular formula is C42H48N2O15. The van der Waals surface area contributed by atoms with E-state index in [2.05, 4.69) is 10.6 Å². The first-order valence-electron chi connectivity index (χ1n) is 18.9. The van der Waals surface area contributed by atoms with Crippen molar-refractivity contribution in [3.8, 4) is 40.1 Å². The van der Waals surface area contributed by atoms with Gasteiger partial charge >= 0.3 is 17.9 Å². The van der Waals surface area contributed by atoms with E-state index >= 15 is 0 Å². The van der Waals surface area contributed by atoms with E-state index in [0.717, 1.165) is 18.9 Å². The Balaban J connectivity index is 0.000000305. The fraction of sp³-hybridized carbons (Fsp3) is 0.381. The number of phenols is 4. The molecule has 17 nitrogen and oxygen atoms in total. The lowest BCUT2D eigenvalue weighted by atomic mass is 9.92. The summed E-state index contributed by atoms with van der Waals surface area (Å²) in [6.45, 7) is 8.70. The van der Waals surface area contributed by atoms with Crippen molar-refractivity contribution >= 4 is 46.9 Å². The minimum atomic E-state index is -1.42. The number of ether oxygens (including phenoxy) is 3. The molecular weight excluding hydrogens is 772 g/mol. The first-order chi connectivity index (χ1) is 28.0. The van der Waals surface area contributed by atoms with E-state index in [4.69, 9.17) is 18.6 Å². The molecule has 0 radical (unpaired) electrons. The summed E-state index contributed by atoms with van der Waals surface area (Å²) in [4.78, 5) is 74.8. The first-order valence-corrected chi connectivity index (χ1v) is 18.9. The van der Waals surface area contributed by atoms with Crippen LogP contribution in [0.2, 0.25) is 0 Å². The highest BCUT2D eigenvalue weighted by Gasteiger charge is 2.44. The van der Waals surface area contributed by atoms with Crippen LogP contribution in [0.3, 0.4) is 0 Å². The molecule has 3 aromatic carbocycles. The van der Waals surface area contributed by atoms with Gasteiger partial charge in [0, 0.05) is 18.1 Å². The Morgan fingerprint density at radius 2 is 1.58 bits per heavy atom. The molecule has 1 aliphatic rings. The molecule has 1 saturated heterocycles. The molecule has 7 N–H and O–H groups in total. The van der Waals surface area contributed by atoms with Crippen molar-refractivity contribution in [2.75, 3.05) is 5.32 Å². The molecule has 1 aliphatic heterocycles. The number of para-hydroxylation sites is 1. The maximum atomic E-state index is 13.3. The van der Waals surface area contributed by atoms with Crippen LogP contribution in [0.25, 0.3) is 22.3 Å². The largest absolute Gasteiger partial charge is 0.508 e. The topological polar surface area (TPSA) is 268 Å². The smallest absolute Gasteiger partial charge is 0.332 e. The van der Waals surface area contributed by atoms with Crippen molar-refractivity contribution in [1.82, 2.24) is 5.32 Å². The number of nitrogens with one attached hydrogen (secondary N) is 2. The lowest BCUT2D eigenvalue weighted by molar-refractivity contribution is -0.175. The number of rotatable bonds is 12. The monoisotopic (exact) mass is 820 g/mol. The Labute approximate surface area is 338 Å². The zero-order valence-corrected chi connectivity index (χ0v) is 33.1. The van der Waals surface area contributed by atoms with Gasteiger partial charge in [-0.15, -0.1) is 0 Å². The van der Waals surface area contributed by atoms with E-state index < -0.39 is 76.8 Å². The van der Waals surface area contributed by atoms with Gasteiger partial charge in [0.2, 0.25) is 17.6 Å². The first kappa shape index (κ1) is 44.9. The summed E-state index contributed by atoms with van der Waals surface area (Å²) in [5.41, 5.74) is -0.558. The van der Waals surface area contributed by atoms with Gasteiger partial charge in [-0.3, -0.25) is 24.0 Å². The van der Waals surface area contributed by atoms with Crippen LogP contribution in [0.1, 0.15) is 77.1 Å². The minimum absolute atomic E-state index is 0.00114. The van der Waals surface area contributed by atoms with Crippen LogP contribution in [-0.2, 0) is 33.4 Å². The van der Waals surface area contributed by atoms with E-state index in [0.29, 0.717) is 19.3 Å². The summed E-state index contributed by atoms with van der Waals surface area (Å²) < 4.78 is 22.3. The fourth-order valence-electron chi connectivity index (χ4n) is 6.26. The third-order valence-electron chi connectivity index (χ3n) is 9.32. The van der Waals surface area contributed by atoms with Crippen LogP contribution in [0.4, 0.5) is 5.69 Å². The molecule has 0 spiro atoms. The van der Waals surface area contributed by atoms with Gasteiger partial charge in [0.05, 0.1) is 22.6 Å². The summed E-state index contributed by atoms with van der Waals surface area (Å²) in [6.07, 6.45) is 0.0639. The van der Waals surface area contributed by atoms with Gasteiger partial charge in [-0.05, 0) is 68.7 Å². The van der Waals surface area contributed by atoms with Crippen LogP contribution in [-0.4, -0.2) is 80.1 Å². The van der Waals surface area contributed by atoms with E-state index in [1.165, 1.54) is 62.4 Å². The molecule has 59 heavy (non-hydrogen) atoms. The zero-order chi connectivity index (χ0) is 43.6. The van der Waals surface area contributed by atoms with Crippen LogP contribution in [0.5, 0.6) is 28.7 Å². The predicted molar refractivity (Wildman–Crippen MR) is 212 cm³/mol. The van der Waals surface area contributed by atoms with Gasteiger partial charge in [-0.1, -0.05) is 46.1 Å². The summed E-state index contributed by atoms with van der Waals surface area (Å²) in [6, 6.07) is 10.3. The number of carbonyl (C=O) groups excluding carboxylic acids is 5. The summed E-state index contributed by atoms with van der Waals surface area (Å²) in [7, 11) is 0. The molecule has 316 valence electrons. The van der Waals surface area contributed by atoms with E-state index in [1.807, 2.05) is 20.8 Å². The molecule has 5 rings (SSSR count). The lowest BCUT2D eigenvalue weighted by Crippen LogP contribution is -2.50. The predicted octanol–water partition coefficient (Wildman–Crippen LogP) is 5.37. The van der Waals surface area contributed by atoms with Gasteiger partial charge in [0.15, 0.2) is 35.2 Å². The van der Waals surface area contributed by atoms with E-state index in [9.17, 15) is 54.3 Å². The number of unbranched alkanes of at least 4 members (excludes halogenated alkanes) is 2. The Morgan fingerprint density at radius 3 is 2.24 bits per heavy atom. The van der Waals surface area contributed by atoms with Gasteiger partial charge < -0.3 is 54.8 Å². The Morgan fingerprint density at radius 1 is 0.864 bits per heavy atom. The van der Waals surface area contributed by atoms with Gasteiger partial charge in [0.25, 0.3) is 5.91 Å². The average Bonchev–Trinajstić information content (AvgIpc) is 3.20. The average molecular weight is 821 g/mol. The van der Waals surface area contributed by atoms with E-state index in [1.54, 1.807) is 0 Å². The molecule has 4 aromatic rings. The van der Waals surface area contributed by atoms with E-state index in [-0.39, 0.29) is 57.4 Å². The van der Waals surface area contributed by atoms with Gasteiger partial charge in [0.1, 0.15) is 23.5 Å². The second-order valence-corrected chi connectivity index (χ2v) is 14.3. The van der Waals surface area contributed by atoms with Crippen molar-refractivity contribution in [2.24, 2.45) is 11.8 Å². The number of amides is 2. The second kappa shape index (κ2) is 20.1. The van der Waals surface area contributed by atoms with Gasteiger partial charge in [-0.2, -0.15) is 0 Å². The van der Waals surface area contributed by atoms with Crippen LogP contribution in [0.15, 0.2) is 63.8 Å². The number of carbonyl (C=O) groups is 5. The molecule has 0 bridgehead atoms. The van der Waals surface area contributed by atoms with Crippen molar-refractivity contribution < 1.29 is 68.1 Å². The molecule has 1 fully saturated rings. The zero-order valence-electron chi connectivity index (χ0n) is 33.1. The summed E-state index contributed by atoms with van der Waals surface area (Å²) in [5.74, 6) is -5.88. The number of cyclic esters (lactones) is 2. The highest BCUT2D eigenvalue weighted by molar-refractivity contribution is 6.01. The summed E-state index contributed by atoms with van der Waals surface area (Å²) >= 11 is 0. The molecule has 17 heteroatoms. The number of phenolic OH excluding ortho intramolecular Hbond substituents is 4. The highest BCUT2D eigenvalue weighted by atomic mass is 16.6. The lowest BCUT2D eigenvalue weighted by Gasteiger charge is -2.29. The SMILES string of the molecule is CCCCCC1C(=O)OC(C)C(NC(=O)c2cccc(NC=O)c2O)C(=O)OC(C)C1OC(=O)CC(C)C.O=c1c(O)c(-c2ccc(O)c(O)c2)oc2cc(O)ccc12. The van der Waals surface area contributed by atoms with Crippen molar-refractivity contribution in [3.05, 3.63) is 70.4 Å². The Bertz CT molecular complexity index is 2230. The maximum absolute atomic E-state index is 13.3. The van der Waals surface area contributed by atoms with Crippen LogP contribution in [0, 0.1) is 11.8 Å². The van der Waals surface area contributed by atoms with Crippen molar-refractivity contribution in [3.63, 3.8) is 0 Å². The highest BCUT2D eigenvalue weighted by Crippen LogP contribution is 2.36. The molecule has 2 amide bonds. The Kier molecular flexibility index (Phi) is 15.3. The number of fused-ring (bicyclic) bond motifs is 1. The Hall–Kier alpha value is -6.78. The van der Waals surface area contributed by atoms with Crippen LogP contribution < -0.4 is 16.1 Å². The normalized spacial score (nSPS) is 19.2. The standard InChI is InChI=1S/C27H38N2O9.C15H10O6/c1-6-7-8-10-19-24(38-21(31)13-15(2)3)17(5)37-27(35)22(16(4)36-26(19)34)29-25(33)18-11-9-12-20(23(18)32)28-14-30;16-8-2-3-9-12(6-8)21-15(14(20)13(9)19)7-1-4-10(17)11(18)5-7/h9,11-12,14-17,19,22,24,32H,6-8,10,13H2,1-5H3,(H,28,30)(H,29,33);1-6,16-18,20H. The fourth-order valence-corrected chi connectivity index (χ4v) is 6.26. The molecule has 0 saturated carbocycles. The number of aromatic hydroxyl groups is 5. The van der Waals surface area contributed by atoms with Crippen molar-refractivity contribution in [1.29, 1.82) is 0 Å². The van der Waals surface area contributed by atoms with Gasteiger partial charge in [-0.25, -0.2) is 4.79 Å². The molecule has 1 aromatic heterocycles. The quantitative estimate of drug-likeness (QED) is 0.0311. The number of benzene rings is 3. The number of hydrogen-bond acceptors (Lipinski definition) is 15. The molecule has 2 heterocycles. The number of esters is 3. The third-order valence-corrected chi connectivity index (χ3v) is 9.32. The summed E-state index contributed by atoms with van der Waals surface area (Å²) in [5, 5.41) is 53.4. The second-order valence-electron chi connectivity index (χ2n) is 14.3. The molecule has 0 aliphatic carbocycles. The van der Waals surface area contributed by atoms with Crippen molar-refractivity contribution in [2.45, 2.75) is 91.1 Å². The molecule has 5 atom stereocenters.